The molecular formula is C12H15N3O. The van der Waals surface area contributed by atoms with Crippen LogP contribution in [0.1, 0.15) is 17.3 Å². The maximum atomic E-state index is 9.35. The largest absolute Gasteiger partial charge is 0.508 e. The lowest BCUT2D eigenvalue weighted by atomic mass is 10.0. The van der Waals surface area contributed by atoms with Gasteiger partial charge in [-0.1, -0.05) is 12.1 Å². The fraction of sp³-hybridized carbons (Fsp3) is 0.250. The van der Waals surface area contributed by atoms with Crippen LogP contribution in [-0.2, 0) is 13.5 Å². The van der Waals surface area contributed by atoms with E-state index in [4.69, 9.17) is 5.73 Å². The smallest absolute Gasteiger partial charge is 0.115 e. The Hall–Kier alpha value is -1.81. The predicted octanol–water partition coefficient (Wildman–Crippen LogP) is 1.37. The predicted molar refractivity (Wildman–Crippen MR) is 61.9 cm³/mol. The number of nitrogens with two attached hydrogens (primary N) is 1. The van der Waals surface area contributed by atoms with Gasteiger partial charge in [0.05, 0.1) is 18.1 Å². The first-order chi connectivity index (χ1) is 7.66. The Morgan fingerprint density at radius 2 is 2.31 bits per heavy atom. The summed E-state index contributed by atoms with van der Waals surface area (Å²) in [6.45, 7) is 0. The number of hydrogen-bond donors (Lipinski definition) is 2. The van der Waals surface area contributed by atoms with Crippen LogP contribution < -0.4 is 5.73 Å². The summed E-state index contributed by atoms with van der Waals surface area (Å²) in [4.78, 5) is 4.04. The minimum atomic E-state index is -0.103. The van der Waals surface area contributed by atoms with Crippen molar-refractivity contribution in [2.24, 2.45) is 12.8 Å². The third-order valence-corrected chi connectivity index (χ3v) is 2.60. The Bertz CT molecular complexity index is 479. The number of benzene rings is 1. The Balaban J connectivity index is 2.14. The van der Waals surface area contributed by atoms with E-state index in [2.05, 4.69) is 4.98 Å². The Kier molecular flexibility index (Phi) is 2.92. The van der Waals surface area contributed by atoms with Gasteiger partial charge in [-0.3, -0.25) is 0 Å². The zero-order valence-electron chi connectivity index (χ0n) is 9.17. The summed E-state index contributed by atoms with van der Waals surface area (Å²) in [5.41, 5.74) is 8.09. The van der Waals surface area contributed by atoms with Crippen LogP contribution >= 0.6 is 0 Å². The zero-order valence-corrected chi connectivity index (χ0v) is 9.17. The van der Waals surface area contributed by atoms with Crippen molar-refractivity contribution in [1.82, 2.24) is 9.55 Å². The number of nitrogens with zero attached hydrogens (tertiary/aromatic N) is 2. The van der Waals surface area contributed by atoms with Crippen LogP contribution in [0.25, 0.3) is 0 Å². The maximum Gasteiger partial charge on any atom is 0.115 e. The first kappa shape index (κ1) is 10.7. The summed E-state index contributed by atoms with van der Waals surface area (Å²) in [5, 5.41) is 9.35. The number of imidazole rings is 1. The van der Waals surface area contributed by atoms with Gasteiger partial charge in [-0.05, 0) is 24.1 Å². The molecule has 0 aliphatic heterocycles. The van der Waals surface area contributed by atoms with Crippen LogP contribution in [0.15, 0.2) is 36.8 Å². The molecule has 0 spiro atoms. The number of aromatic nitrogens is 2. The molecule has 2 aromatic rings. The molecule has 0 amide bonds. The van der Waals surface area contributed by atoms with E-state index in [-0.39, 0.29) is 11.8 Å². The van der Waals surface area contributed by atoms with Crippen molar-refractivity contribution < 1.29 is 5.11 Å². The van der Waals surface area contributed by atoms with Crippen molar-refractivity contribution in [2.75, 3.05) is 0 Å². The van der Waals surface area contributed by atoms with Gasteiger partial charge in [-0.2, -0.15) is 0 Å². The fourth-order valence-electron chi connectivity index (χ4n) is 1.77. The Morgan fingerprint density at radius 3 is 2.94 bits per heavy atom. The first-order valence-electron chi connectivity index (χ1n) is 5.16. The number of hydrogen-bond acceptors (Lipinski definition) is 3. The van der Waals surface area contributed by atoms with Gasteiger partial charge in [-0.15, -0.1) is 0 Å². The number of phenols is 1. The SMILES string of the molecule is Cn1cncc1C(N)Cc1cccc(O)c1. The van der Waals surface area contributed by atoms with Crippen LogP contribution in [0.2, 0.25) is 0 Å². The molecule has 1 atom stereocenters. The molecule has 0 radical (unpaired) electrons. The summed E-state index contributed by atoms with van der Waals surface area (Å²) in [6, 6.07) is 7.06. The molecule has 0 fully saturated rings. The van der Waals surface area contributed by atoms with E-state index >= 15 is 0 Å². The van der Waals surface area contributed by atoms with Gasteiger partial charge in [0, 0.05) is 13.2 Å². The fourth-order valence-corrected chi connectivity index (χ4v) is 1.77. The van der Waals surface area contributed by atoms with Gasteiger partial charge in [0.15, 0.2) is 0 Å². The molecule has 0 saturated heterocycles. The highest BCUT2D eigenvalue weighted by Gasteiger charge is 2.10. The molecule has 16 heavy (non-hydrogen) atoms. The van der Waals surface area contributed by atoms with E-state index in [0.29, 0.717) is 6.42 Å². The van der Waals surface area contributed by atoms with E-state index < -0.39 is 0 Å². The molecule has 4 heteroatoms. The van der Waals surface area contributed by atoms with Gasteiger partial charge < -0.3 is 15.4 Å². The molecular weight excluding hydrogens is 202 g/mol. The third kappa shape index (κ3) is 2.23. The molecule has 3 N–H and O–H groups in total. The van der Waals surface area contributed by atoms with Crippen molar-refractivity contribution >= 4 is 0 Å². The highest BCUT2D eigenvalue weighted by Crippen LogP contribution is 2.18. The second-order valence-electron chi connectivity index (χ2n) is 3.91. The number of phenolic OH excluding ortho intramolecular Hbond substituents is 1. The summed E-state index contributed by atoms with van der Waals surface area (Å²) in [7, 11) is 1.92. The Morgan fingerprint density at radius 1 is 1.50 bits per heavy atom. The molecule has 0 aliphatic rings. The van der Waals surface area contributed by atoms with Crippen molar-refractivity contribution in [3.63, 3.8) is 0 Å². The van der Waals surface area contributed by atoms with Gasteiger partial charge in [0.1, 0.15) is 5.75 Å². The molecule has 0 saturated carbocycles. The molecule has 4 nitrogen and oxygen atoms in total. The van der Waals surface area contributed by atoms with E-state index in [1.54, 1.807) is 24.7 Å². The second-order valence-corrected chi connectivity index (χ2v) is 3.91. The maximum absolute atomic E-state index is 9.35. The molecule has 1 aromatic heterocycles. The average Bonchev–Trinajstić information content (AvgIpc) is 2.64. The Labute approximate surface area is 94.4 Å². The number of rotatable bonds is 3. The van der Waals surface area contributed by atoms with Crippen molar-refractivity contribution in [1.29, 1.82) is 0 Å². The molecule has 0 aliphatic carbocycles. The molecule has 1 heterocycles. The minimum absolute atomic E-state index is 0.103. The van der Waals surface area contributed by atoms with Gasteiger partial charge in [-0.25, -0.2) is 4.98 Å². The van der Waals surface area contributed by atoms with E-state index in [1.165, 1.54) is 0 Å². The minimum Gasteiger partial charge on any atom is -0.508 e. The lowest BCUT2D eigenvalue weighted by molar-refractivity contribution is 0.474. The van der Waals surface area contributed by atoms with Crippen molar-refractivity contribution in [2.45, 2.75) is 12.5 Å². The van der Waals surface area contributed by atoms with E-state index in [0.717, 1.165) is 11.3 Å². The lowest BCUT2D eigenvalue weighted by Crippen LogP contribution is -2.16. The van der Waals surface area contributed by atoms with Gasteiger partial charge >= 0.3 is 0 Å². The second kappa shape index (κ2) is 4.37. The van der Waals surface area contributed by atoms with Crippen molar-refractivity contribution in [3.8, 4) is 5.75 Å². The van der Waals surface area contributed by atoms with Crippen LogP contribution in [0.3, 0.4) is 0 Å². The highest BCUT2D eigenvalue weighted by molar-refractivity contribution is 5.28. The van der Waals surface area contributed by atoms with Crippen LogP contribution in [0, 0.1) is 0 Å². The van der Waals surface area contributed by atoms with Gasteiger partial charge in [0.2, 0.25) is 0 Å². The number of aromatic hydroxyl groups is 1. The van der Waals surface area contributed by atoms with E-state index in [1.807, 2.05) is 23.7 Å². The summed E-state index contributed by atoms with van der Waals surface area (Å²) >= 11 is 0. The van der Waals surface area contributed by atoms with Crippen LogP contribution in [-0.4, -0.2) is 14.7 Å². The zero-order chi connectivity index (χ0) is 11.5. The molecule has 1 unspecified atom stereocenters. The van der Waals surface area contributed by atoms with Crippen LogP contribution in [0.5, 0.6) is 5.75 Å². The normalized spacial score (nSPS) is 12.6. The van der Waals surface area contributed by atoms with E-state index in [9.17, 15) is 5.11 Å². The highest BCUT2D eigenvalue weighted by atomic mass is 16.3. The molecule has 84 valence electrons. The quantitative estimate of drug-likeness (QED) is 0.816. The van der Waals surface area contributed by atoms with Gasteiger partial charge in [0.25, 0.3) is 0 Å². The average molecular weight is 217 g/mol. The molecule has 1 aromatic carbocycles. The number of aryl methyl sites for hydroxylation is 1. The third-order valence-electron chi connectivity index (χ3n) is 2.60. The topological polar surface area (TPSA) is 64.1 Å². The standard InChI is InChI=1S/C12H15N3O/c1-15-8-14-7-12(15)11(13)6-9-3-2-4-10(16)5-9/h2-5,7-8,11,16H,6,13H2,1H3. The molecule has 0 bridgehead atoms. The van der Waals surface area contributed by atoms with Crippen LogP contribution in [0.4, 0.5) is 0 Å². The van der Waals surface area contributed by atoms with Crippen molar-refractivity contribution in [3.05, 3.63) is 48.0 Å². The summed E-state index contributed by atoms with van der Waals surface area (Å²) < 4.78 is 1.91. The monoisotopic (exact) mass is 217 g/mol. The first-order valence-corrected chi connectivity index (χ1v) is 5.16. The lowest BCUT2D eigenvalue weighted by Gasteiger charge is -2.12. The summed E-state index contributed by atoms with van der Waals surface area (Å²) in [6.07, 6.45) is 4.19. The summed E-state index contributed by atoms with van der Waals surface area (Å²) in [5.74, 6) is 0.273. The molecule has 2 rings (SSSR count).